The summed E-state index contributed by atoms with van der Waals surface area (Å²) in [6.07, 6.45) is 1.53. The van der Waals surface area contributed by atoms with Gasteiger partial charge in [0.1, 0.15) is 5.76 Å². The van der Waals surface area contributed by atoms with E-state index < -0.39 is 0 Å². The van der Waals surface area contributed by atoms with Crippen LogP contribution >= 0.6 is 0 Å². The molecule has 0 atom stereocenters. The number of nitrogens with one attached hydrogen (secondary N) is 1. The third kappa shape index (κ3) is 4.21. The molecule has 0 aliphatic rings. The van der Waals surface area contributed by atoms with Crippen molar-refractivity contribution in [2.24, 2.45) is 0 Å². The zero-order valence-electron chi connectivity index (χ0n) is 13.6. The molecule has 1 aromatic heterocycles. The molecule has 4 heteroatoms. The molecule has 2 aromatic rings. The molecule has 0 aliphatic carbocycles. The molecule has 0 radical (unpaired) electrons. The largest absolute Gasteiger partial charge is 0.469 e. The zero-order chi connectivity index (χ0) is 15.9. The van der Waals surface area contributed by atoms with Gasteiger partial charge in [-0.2, -0.15) is 0 Å². The lowest BCUT2D eigenvalue weighted by Crippen LogP contribution is -2.23. The number of benzene rings is 1. The van der Waals surface area contributed by atoms with E-state index in [-0.39, 0.29) is 5.91 Å². The molecular weight excluding hydrogens is 276 g/mol. The first-order valence-corrected chi connectivity index (χ1v) is 7.76. The standard InChI is InChI=1S/C18H24N2O2/c1-4-20(5-2)13-16-8-6-15(7-9-16)12-19-18(21)17-10-11-22-14(17)3/h6-11H,4-5,12-13H2,1-3H3,(H,19,21). The highest BCUT2D eigenvalue weighted by atomic mass is 16.3. The normalized spacial score (nSPS) is 10.9. The monoisotopic (exact) mass is 300 g/mol. The summed E-state index contributed by atoms with van der Waals surface area (Å²) in [4.78, 5) is 14.4. The van der Waals surface area contributed by atoms with Gasteiger partial charge in [0.05, 0.1) is 11.8 Å². The molecule has 0 fully saturated rings. The number of amides is 1. The molecule has 0 bridgehead atoms. The highest BCUT2D eigenvalue weighted by molar-refractivity contribution is 5.94. The molecule has 118 valence electrons. The van der Waals surface area contributed by atoms with E-state index in [0.717, 1.165) is 25.2 Å². The molecule has 1 N–H and O–H groups in total. The summed E-state index contributed by atoms with van der Waals surface area (Å²) in [5, 5.41) is 2.92. The first kappa shape index (κ1) is 16.3. The predicted octanol–water partition coefficient (Wildman–Crippen LogP) is 3.36. The molecule has 1 heterocycles. The second kappa shape index (κ2) is 7.80. The maximum absolute atomic E-state index is 12.0. The van der Waals surface area contributed by atoms with Crippen molar-refractivity contribution >= 4 is 5.91 Å². The first-order valence-electron chi connectivity index (χ1n) is 7.76. The van der Waals surface area contributed by atoms with Crippen LogP contribution in [0.5, 0.6) is 0 Å². The van der Waals surface area contributed by atoms with Crippen molar-refractivity contribution in [2.75, 3.05) is 13.1 Å². The number of hydrogen-bond donors (Lipinski definition) is 1. The van der Waals surface area contributed by atoms with Gasteiger partial charge in [0, 0.05) is 13.1 Å². The Bertz CT molecular complexity index is 598. The molecule has 2 rings (SSSR count). The second-order valence-electron chi connectivity index (χ2n) is 5.35. The van der Waals surface area contributed by atoms with E-state index in [0.29, 0.717) is 17.9 Å². The van der Waals surface area contributed by atoms with Crippen LogP contribution in [0, 0.1) is 6.92 Å². The van der Waals surface area contributed by atoms with Crippen molar-refractivity contribution in [3.63, 3.8) is 0 Å². The number of carbonyl (C=O) groups is 1. The van der Waals surface area contributed by atoms with Gasteiger partial charge in [-0.1, -0.05) is 38.1 Å². The zero-order valence-corrected chi connectivity index (χ0v) is 13.6. The minimum atomic E-state index is -0.0986. The molecule has 1 aromatic carbocycles. The average molecular weight is 300 g/mol. The van der Waals surface area contributed by atoms with Crippen LogP contribution in [-0.2, 0) is 13.1 Å². The van der Waals surface area contributed by atoms with Crippen LogP contribution in [0.3, 0.4) is 0 Å². The lowest BCUT2D eigenvalue weighted by Gasteiger charge is -2.18. The molecule has 0 saturated heterocycles. The second-order valence-corrected chi connectivity index (χ2v) is 5.35. The highest BCUT2D eigenvalue weighted by Crippen LogP contribution is 2.10. The van der Waals surface area contributed by atoms with Crippen LogP contribution in [0.4, 0.5) is 0 Å². The van der Waals surface area contributed by atoms with E-state index >= 15 is 0 Å². The summed E-state index contributed by atoms with van der Waals surface area (Å²) in [6, 6.07) is 10.1. The van der Waals surface area contributed by atoms with E-state index in [9.17, 15) is 4.79 Å². The van der Waals surface area contributed by atoms with Crippen molar-refractivity contribution in [1.82, 2.24) is 10.2 Å². The fourth-order valence-electron chi connectivity index (χ4n) is 2.37. The first-order chi connectivity index (χ1) is 10.6. The van der Waals surface area contributed by atoms with Crippen LogP contribution < -0.4 is 5.32 Å². The van der Waals surface area contributed by atoms with Gasteiger partial charge in [0.25, 0.3) is 5.91 Å². The molecule has 0 unspecified atom stereocenters. The lowest BCUT2D eigenvalue weighted by atomic mass is 10.1. The Labute approximate surface area is 132 Å². The number of rotatable bonds is 7. The van der Waals surface area contributed by atoms with Crippen molar-refractivity contribution in [3.05, 3.63) is 59.0 Å². The van der Waals surface area contributed by atoms with Gasteiger partial charge in [-0.15, -0.1) is 0 Å². The molecule has 22 heavy (non-hydrogen) atoms. The van der Waals surface area contributed by atoms with Crippen LogP contribution in [0.2, 0.25) is 0 Å². The molecule has 0 aliphatic heterocycles. The Morgan fingerprint density at radius 1 is 1.09 bits per heavy atom. The SMILES string of the molecule is CCN(CC)Cc1ccc(CNC(=O)c2ccoc2C)cc1. The smallest absolute Gasteiger partial charge is 0.255 e. The third-order valence-corrected chi connectivity index (χ3v) is 3.88. The fourth-order valence-corrected chi connectivity index (χ4v) is 2.37. The number of hydrogen-bond acceptors (Lipinski definition) is 3. The van der Waals surface area contributed by atoms with Gasteiger partial charge in [-0.05, 0) is 37.2 Å². The van der Waals surface area contributed by atoms with Crippen molar-refractivity contribution in [3.8, 4) is 0 Å². The number of carbonyl (C=O) groups excluding carboxylic acids is 1. The topological polar surface area (TPSA) is 45.5 Å². The minimum absolute atomic E-state index is 0.0986. The molecule has 0 spiro atoms. The van der Waals surface area contributed by atoms with E-state index in [2.05, 4.69) is 48.3 Å². The van der Waals surface area contributed by atoms with Crippen LogP contribution in [0.1, 0.15) is 41.1 Å². The van der Waals surface area contributed by atoms with Crippen LogP contribution in [-0.4, -0.2) is 23.9 Å². The van der Waals surface area contributed by atoms with Crippen molar-refractivity contribution in [1.29, 1.82) is 0 Å². The Morgan fingerprint density at radius 2 is 1.73 bits per heavy atom. The summed E-state index contributed by atoms with van der Waals surface area (Å²) in [6.45, 7) is 9.73. The highest BCUT2D eigenvalue weighted by Gasteiger charge is 2.10. The Balaban J connectivity index is 1.89. The van der Waals surface area contributed by atoms with Crippen molar-refractivity contribution in [2.45, 2.75) is 33.9 Å². The minimum Gasteiger partial charge on any atom is -0.469 e. The summed E-state index contributed by atoms with van der Waals surface area (Å²) in [5.41, 5.74) is 2.99. The maximum atomic E-state index is 12.0. The van der Waals surface area contributed by atoms with E-state index in [1.165, 1.54) is 11.8 Å². The van der Waals surface area contributed by atoms with Crippen molar-refractivity contribution < 1.29 is 9.21 Å². The summed E-state index contributed by atoms with van der Waals surface area (Å²) >= 11 is 0. The van der Waals surface area contributed by atoms with Gasteiger partial charge < -0.3 is 9.73 Å². The summed E-state index contributed by atoms with van der Waals surface area (Å²) in [7, 11) is 0. The van der Waals surface area contributed by atoms with Gasteiger partial charge in [-0.3, -0.25) is 9.69 Å². The van der Waals surface area contributed by atoms with Gasteiger partial charge in [-0.25, -0.2) is 0 Å². The predicted molar refractivity (Wildman–Crippen MR) is 87.7 cm³/mol. The van der Waals surface area contributed by atoms with E-state index in [4.69, 9.17) is 4.42 Å². The molecule has 4 nitrogen and oxygen atoms in total. The van der Waals surface area contributed by atoms with Gasteiger partial charge in [0.15, 0.2) is 0 Å². The molecule has 0 saturated carbocycles. The summed E-state index contributed by atoms with van der Waals surface area (Å²) in [5.74, 6) is 0.547. The molecule has 1 amide bonds. The third-order valence-electron chi connectivity index (χ3n) is 3.88. The quantitative estimate of drug-likeness (QED) is 0.853. The fraction of sp³-hybridized carbons (Fsp3) is 0.389. The number of furan rings is 1. The summed E-state index contributed by atoms with van der Waals surface area (Å²) < 4.78 is 5.15. The lowest BCUT2D eigenvalue weighted by molar-refractivity contribution is 0.0949. The van der Waals surface area contributed by atoms with Gasteiger partial charge >= 0.3 is 0 Å². The van der Waals surface area contributed by atoms with Gasteiger partial charge in [0.2, 0.25) is 0 Å². The number of nitrogens with zero attached hydrogens (tertiary/aromatic N) is 1. The Morgan fingerprint density at radius 3 is 2.27 bits per heavy atom. The van der Waals surface area contributed by atoms with E-state index in [1.807, 2.05) is 0 Å². The Hall–Kier alpha value is -2.07. The average Bonchev–Trinajstić information content (AvgIpc) is 2.97. The van der Waals surface area contributed by atoms with Crippen LogP contribution in [0.15, 0.2) is 41.0 Å². The maximum Gasteiger partial charge on any atom is 0.255 e. The number of aryl methyl sites for hydroxylation is 1. The molecular formula is C18H24N2O2. The Kier molecular flexibility index (Phi) is 5.78. The van der Waals surface area contributed by atoms with E-state index in [1.54, 1.807) is 13.0 Å². The van der Waals surface area contributed by atoms with Crippen LogP contribution in [0.25, 0.3) is 0 Å².